The lowest BCUT2D eigenvalue weighted by molar-refractivity contribution is 0.164. The summed E-state index contributed by atoms with van der Waals surface area (Å²) in [5, 5.41) is 3.61. The molecule has 0 aromatic heterocycles. The second-order valence-corrected chi connectivity index (χ2v) is 6.85. The Morgan fingerprint density at radius 1 is 0.952 bits per heavy atom. The molecule has 0 spiro atoms. The Hall–Kier alpha value is -0.860. The molecule has 1 aromatic carbocycles. The summed E-state index contributed by atoms with van der Waals surface area (Å²) >= 11 is 0. The Morgan fingerprint density at radius 2 is 1.71 bits per heavy atom. The summed E-state index contributed by atoms with van der Waals surface area (Å²) in [5.74, 6) is 0.745. The van der Waals surface area contributed by atoms with Crippen molar-refractivity contribution in [2.45, 2.75) is 62.9 Å². The summed E-state index contributed by atoms with van der Waals surface area (Å²) < 4.78 is 0. The maximum Gasteiger partial charge on any atom is 0.0249 e. The van der Waals surface area contributed by atoms with Crippen LogP contribution in [0.5, 0.6) is 0 Å². The molecule has 3 unspecified atom stereocenters. The van der Waals surface area contributed by atoms with Crippen molar-refractivity contribution in [2.24, 2.45) is 0 Å². The molecule has 2 fully saturated rings. The lowest BCUT2D eigenvalue weighted by Crippen LogP contribution is -2.48. The topological polar surface area (TPSA) is 15.3 Å². The first-order chi connectivity index (χ1) is 10.4. The van der Waals surface area contributed by atoms with Crippen LogP contribution in [0.15, 0.2) is 30.3 Å². The molecule has 1 N–H and O–H groups in total. The summed E-state index contributed by atoms with van der Waals surface area (Å²) in [7, 11) is 2.16. The van der Waals surface area contributed by atoms with Gasteiger partial charge in [0, 0.05) is 18.6 Å². The maximum absolute atomic E-state index is 3.61. The first kappa shape index (κ1) is 15.1. The molecule has 1 aliphatic heterocycles. The minimum Gasteiger partial charge on any atom is -0.315 e. The number of hydrogen-bond donors (Lipinski definition) is 1. The Morgan fingerprint density at radius 3 is 2.48 bits per heavy atom. The molecule has 3 rings (SSSR count). The average molecular weight is 286 g/mol. The average Bonchev–Trinajstić information content (AvgIpc) is 2.98. The highest BCUT2D eigenvalue weighted by Gasteiger charge is 2.33. The van der Waals surface area contributed by atoms with E-state index in [9.17, 15) is 0 Å². The molecule has 1 saturated carbocycles. The van der Waals surface area contributed by atoms with Gasteiger partial charge in [0.2, 0.25) is 0 Å². The number of likely N-dealkylation sites (N-methyl/N-ethyl adjacent to an activating group) is 1. The quantitative estimate of drug-likeness (QED) is 0.909. The van der Waals surface area contributed by atoms with Gasteiger partial charge in [0.25, 0.3) is 0 Å². The van der Waals surface area contributed by atoms with Crippen molar-refractivity contribution >= 4 is 0 Å². The monoisotopic (exact) mass is 286 g/mol. The van der Waals surface area contributed by atoms with Crippen molar-refractivity contribution in [1.82, 2.24) is 10.2 Å². The predicted molar refractivity (Wildman–Crippen MR) is 89.7 cm³/mol. The van der Waals surface area contributed by atoms with E-state index >= 15 is 0 Å². The third-order valence-electron chi connectivity index (χ3n) is 5.56. The minimum absolute atomic E-state index is 0.694. The van der Waals surface area contributed by atoms with Gasteiger partial charge in [-0.05, 0) is 44.3 Å². The van der Waals surface area contributed by atoms with Gasteiger partial charge in [-0.25, -0.2) is 0 Å². The summed E-state index contributed by atoms with van der Waals surface area (Å²) in [6, 6.07) is 12.6. The summed E-state index contributed by atoms with van der Waals surface area (Å²) in [6.45, 7) is 2.54. The van der Waals surface area contributed by atoms with Crippen molar-refractivity contribution in [3.63, 3.8) is 0 Å². The summed E-state index contributed by atoms with van der Waals surface area (Å²) in [4.78, 5) is 2.78. The lowest BCUT2D eigenvalue weighted by Gasteiger charge is -2.36. The van der Waals surface area contributed by atoms with E-state index in [4.69, 9.17) is 0 Å². The molecule has 0 bridgehead atoms. The van der Waals surface area contributed by atoms with E-state index in [-0.39, 0.29) is 0 Å². The standard InChI is InChI=1S/C19H30N2/c1-20-18-11-7-2-3-8-12-19(18)21-14-13-17(15-21)16-9-5-4-6-10-16/h4-6,9-10,17-20H,2-3,7-8,11-15H2,1H3. The fourth-order valence-electron chi connectivity index (χ4n) is 4.32. The molecule has 0 amide bonds. The largest absolute Gasteiger partial charge is 0.315 e. The van der Waals surface area contributed by atoms with Crippen molar-refractivity contribution in [3.8, 4) is 0 Å². The smallest absolute Gasteiger partial charge is 0.0249 e. The number of likely N-dealkylation sites (tertiary alicyclic amines) is 1. The highest BCUT2D eigenvalue weighted by Crippen LogP contribution is 2.31. The van der Waals surface area contributed by atoms with E-state index < -0.39 is 0 Å². The van der Waals surface area contributed by atoms with E-state index in [0.717, 1.165) is 12.0 Å². The third kappa shape index (κ3) is 3.67. The van der Waals surface area contributed by atoms with Gasteiger partial charge in [-0.1, -0.05) is 56.0 Å². The van der Waals surface area contributed by atoms with Gasteiger partial charge in [0.15, 0.2) is 0 Å². The van der Waals surface area contributed by atoms with Crippen LogP contribution in [-0.2, 0) is 0 Å². The Labute approximate surface area is 129 Å². The van der Waals surface area contributed by atoms with Gasteiger partial charge < -0.3 is 5.32 Å². The molecular weight excluding hydrogens is 256 g/mol. The molecular formula is C19H30N2. The Balaban J connectivity index is 1.65. The van der Waals surface area contributed by atoms with Crippen LogP contribution in [0.2, 0.25) is 0 Å². The maximum atomic E-state index is 3.61. The normalized spacial score (nSPS) is 31.8. The number of nitrogens with one attached hydrogen (secondary N) is 1. The first-order valence-electron chi connectivity index (χ1n) is 8.85. The van der Waals surface area contributed by atoms with Gasteiger partial charge in [-0.3, -0.25) is 4.90 Å². The van der Waals surface area contributed by atoms with Crippen LogP contribution in [-0.4, -0.2) is 37.1 Å². The molecule has 1 aliphatic carbocycles. The zero-order valence-electron chi connectivity index (χ0n) is 13.4. The van der Waals surface area contributed by atoms with Gasteiger partial charge in [-0.2, -0.15) is 0 Å². The van der Waals surface area contributed by atoms with E-state index in [1.807, 2.05) is 0 Å². The van der Waals surface area contributed by atoms with Crippen molar-refractivity contribution in [1.29, 1.82) is 0 Å². The number of hydrogen-bond acceptors (Lipinski definition) is 2. The molecule has 0 radical (unpaired) electrons. The molecule has 2 nitrogen and oxygen atoms in total. The van der Waals surface area contributed by atoms with Crippen LogP contribution in [0.25, 0.3) is 0 Å². The van der Waals surface area contributed by atoms with Crippen LogP contribution in [0, 0.1) is 0 Å². The van der Waals surface area contributed by atoms with Crippen LogP contribution in [0.3, 0.4) is 0 Å². The van der Waals surface area contributed by atoms with Crippen LogP contribution in [0.1, 0.15) is 56.4 Å². The zero-order valence-corrected chi connectivity index (χ0v) is 13.4. The second kappa shape index (κ2) is 7.42. The van der Waals surface area contributed by atoms with Gasteiger partial charge in [0.05, 0.1) is 0 Å². The predicted octanol–water partition coefficient (Wildman–Crippen LogP) is 3.79. The van der Waals surface area contributed by atoms with E-state index in [0.29, 0.717) is 6.04 Å². The van der Waals surface area contributed by atoms with Crippen LogP contribution < -0.4 is 5.32 Å². The molecule has 1 heterocycles. The van der Waals surface area contributed by atoms with E-state index in [2.05, 4.69) is 47.6 Å². The van der Waals surface area contributed by atoms with Crippen LogP contribution in [0.4, 0.5) is 0 Å². The first-order valence-corrected chi connectivity index (χ1v) is 8.85. The SMILES string of the molecule is CNC1CCCCCCC1N1CCC(c2ccccc2)C1. The second-order valence-electron chi connectivity index (χ2n) is 6.85. The third-order valence-corrected chi connectivity index (χ3v) is 5.56. The fraction of sp³-hybridized carbons (Fsp3) is 0.684. The Bertz CT molecular complexity index is 417. The molecule has 21 heavy (non-hydrogen) atoms. The lowest BCUT2D eigenvalue weighted by atomic mass is 9.91. The zero-order chi connectivity index (χ0) is 14.5. The minimum atomic E-state index is 0.694. The molecule has 1 saturated heterocycles. The van der Waals surface area contributed by atoms with Crippen molar-refractivity contribution in [2.75, 3.05) is 20.1 Å². The van der Waals surface area contributed by atoms with Gasteiger partial charge >= 0.3 is 0 Å². The fourth-order valence-corrected chi connectivity index (χ4v) is 4.32. The molecule has 116 valence electrons. The number of rotatable bonds is 3. The van der Waals surface area contributed by atoms with Crippen LogP contribution >= 0.6 is 0 Å². The molecule has 1 aromatic rings. The summed E-state index contributed by atoms with van der Waals surface area (Å²) in [6.07, 6.45) is 9.74. The molecule has 3 atom stereocenters. The number of benzene rings is 1. The number of nitrogens with zero attached hydrogens (tertiary/aromatic N) is 1. The van der Waals surface area contributed by atoms with Crippen molar-refractivity contribution in [3.05, 3.63) is 35.9 Å². The Kier molecular flexibility index (Phi) is 5.32. The molecule has 2 aliphatic rings. The molecule has 2 heteroatoms. The van der Waals surface area contributed by atoms with Gasteiger partial charge in [0.1, 0.15) is 0 Å². The van der Waals surface area contributed by atoms with E-state index in [1.54, 1.807) is 0 Å². The van der Waals surface area contributed by atoms with E-state index in [1.165, 1.54) is 63.6 Å². The highest BCUT2D eigenvalue weighted by atomic mass is 15.2. The van der Waals surface area contributed by atoms with Gasteiger partial charge in [-0.15, -0.1) is 0 Å². The highest BCUT2D eigenvalue weighted by molar-refractivity contribution is 5.21. The summed E-state index contributed by atoms with van der Waals surface area (Å²) in [5.41, 5.74) is 1.53. The van der Waals surface area contributed by atoms with Crippen molar-refractivity contribution < 1.29 is 0 Å².